The highest BCUT2D eigenvalue weighted by atomic mass is 35.5. The molecule has 13 heavy (non-hydrogen) atoms. The van der Waals surface area contributed by atoms with Crippen LogP contribution >= 0.6 is 23.2 Å². The van der Waals surface area contributed by atoms with Gasteiger partial charge in [0, 0.05) is 5.54 Å². The van der Waals surface area contributed by atoms with Crippen LogP contribution in [0, 0.1) is 5.82 Å². The summed E-state index contributed by atoms with van der Waals surface area (Å²) in [6.45, 7) is 3.60. The van der Waals surface area contributed by atoms with Crippen molar-refractivity contribution in [2.75, 3.05) is 0 Å². The molecular weight excluding hydrogens is 212 g/mol. The lowest BCUT2D eigenvalue weighted by Crippen LogP contribution is -2.28. The maximum absolute atomic E-state index is 13.0. The van der Waals surface area contributed by atoms with Crippen molar-refractivity contribution in [3.05, 3.63) is 33.6 Å². The van der Waals surface area contributed by atoms with Crippen LogP contribution in [0.5, 0.6) is 0 Å². The van der Waals surface area contributed by atoms with Gasteiger partial charge in [0.1, 0.15) is 0 Å². The van der Waals surface area contributed by atoms with Crippen LogP contribution in [-0.4, -0.2) is 0 Å². The molecule has 0 bridgehead atoms. The SMILES string of the molecule is CC(C)(N)c1cc(Cl)c(F)c(Cl)c1. The van der Waals surface area contributed by atoms with Gasteiger partial charge in [-0.15, -0.1) is 0 Å². The molecule has 0 aliphatic carbocycles. The number of halogens is 3. The molecule has 0 fully saturated rings. The topological polar surface area (TPSA) is 26.0 Å². The van der Waals surface area contributed by atoms with Gasteiger partial charge in [-0.2, -0.15) is 0 Å². The third-order valence-electron chi connectivity index (χ3n) is 1.73. The number of rotatable bonds is 1. The monoisotopic (exact) mass is 221 g/mol. The second-order valence-electron chi connectivity index (χ2n) is 3.48. The van der Waals surface area contributed by atoms with Gasteiger partial charge < -0.3 is 5.73 Å². The van der Waals surface area contributed by atoms with E-state index in [0.29, 0.717) is 5.56 Å². The number of hydrogen-bond donors (Lipinski definition) is 1. The van der Waals surface area contributed by atoms with E-state index < -0.39 is 11.4 Å². The Balaban J connectivity index is 3.29. The van der Waals surface area contributed by atoms with Gasteiger partial charge in [0.15, 0.2) is 5.82 Å². The quantitative estimate of drug-likeness (QED) is 0.724. The minimum absolute atomic E-state index is 0.000949. The van der Waals surface area contributed by atoms with Gasteiger partial charge in [-0.25, -0.2) is 4.39 Å². The first kappa shape index (κ1) is 10.8. The molecule has 0 amide bonds. The molecule has 0 atom stereocenters. The molecule has 2 N–H and O–H groups in total. The maximum atomic E-state index is 13.0. The van der Waals surface area contributed by atoms with E-state index in [9.17, 15) is 4.39 Å². The highest BCUT2D eigenvalue weighted by Crippen LogP contribution is 2.28. The van der Waals surface area contributed by atoms with E-state index in [1.165, 1.54) is 12.1 Å². The fourth-order valence-electron chi connectivity index (χ4n) is 0.928. The summed E-state index contributed by atoms with van der Waals surface area (Å²) < 4.78 is 13.0. The van der Waals surface area contributed by atoms with Crippen LogP contribution in [0.4, 0.5) is 4.39 Å². The van der Waals surface area contributed by atoms with Gasteiger partial charge in [-0.05, 0) is 31.5 Å². The van der Waals surface area contributed by atoms with Crippen LogP contribution in [0.1, 0.15) is 19.4 Å². The van der Waals surface area contributed by atoms with Crippen molar-refractivity contribution in [1.29, 1.82) is 0 Å². The molecule has 1 aromatic rings. The van der Waals surface area contributed by atoms with E-state index in [-0.39, 0.29) is 10.0 Å². The van der Waals surface area contributed by atoms with Crippen LogP contribution in [-0.2, 0) is 5.54 Å². The van der Waals surface area contributed by atoms with Crippen LogP contribution in [0.25, 0.3) is 0 Å². The fraction of sp³-hybridized carbons (Fsp3) is 0.333. The summed E-state index contributed by atoms with van der Waals surface area (Å²) >= 11 is 11.2. The van der Waals surface area contributed by atoms with Crippen LogP contribution in [0.3, 0.4) is 0 Å². The predicted molar refractivity (Wildman–Crippen MR) is 53.6 cm³/mol. The average Bonchev–Trinajstić information content (AvgIpc) is 1.97. The molecule has 1 nitrogen and oxygen atoms in total. The zero-order valence-electron chi connectivity index (χ0n) is 7.37. The number of benzene rings is 1. The van der Waals surface area contributed by atoms with Crippen LogP contribution < -0.4 is 5.73 Å². The zero-order valence-corrected chi connectivity index (χ0v) is 8.88. The first-order chi connectivity index (χ1) is 5.82. The van der Waals surface area contributed by atoms with E-state index in [1.54, 1.807) is 13.8 Å². The van der Waals surface area contributed by atoms with Gasteiger partial charge in [0.2, 0.25) is 0 Å². The van der Waals surface area contributed by atoms with Crippen molar-refractivity contribution in [1.82, 2.24) is 0 Å². The summed E-state index contributed by atoms with van der Waals surface area (Å²) in [6, 6.07) is 2.98. The van der Waals surface area contributed by atoms with Gasteiger partial charge in [0.05, 0.1) is 10.0 Å². The minimum Gasteiger partial charge on any atom is -0.322 e. The molecule has 4 heteroatoms. The highest BCUT2D eigenvalue weighted by molar-refractivity contribution is 6.35. The molecule has 0 unspecified atom stereocenters. The van der Waals surface area contributed by atoms with Crippen molar-refractivity contribution < 1.29 is 4.39 Å². The molecule has 0 aliphatic rings. The van der Waals surface area contributed by atoms with E-state index in [4.69, 9.17) is 28.9 Å². The van der Waals surface area contributed by atoms with E-state index in [1.807, 2.05) is 0 Å². The van der Waals surface area contributed by atoms with Gasteiger partial charge in [-0.1, -0.05) is 23.2 Å². The van der Waals surface area contributed by atoms with Crippen molar-refractivity contribution in [2.45, 2.75) is 19.4 Å². The lowest BCUT2D eigenvalue weighted by Gasteiger charge is -2.19. The third-order valence-corrected chi connectivity index (χ3v) is 2.28. The molecular formula is C9H10Cl2FN. The Morgan fingerprint density at radius 1 is 1.23 bits per heavy atom. The second kappa shape index (κ2) is 3.45. The van der Waals surface area contributed by atoms with Gasteiger partial charge >= 0.3 is 0 Å². The summed E-state index contributed by atoms with van der Waals surface area (Å²) in [6.07, 6.45) is 0. The molecule has 72 valence electrons. The molecule has 0 spiro atoms. The Bertz CT molecular complexity index is 308. The van der Waals surface area contributed by atoms with Gasteiger partial charge in [0.25, 0.3) is 0 Å². The first-order valence-electron chi connectivity index (χ1n) is 3.76. The molecule has 1 rings (SSSR count). The van der Waals surface area contributed by atoms with Crippen LogP contribution in [0.15, 0.2) is 12.1 Å². The minimum atomic E-state index is -0.601. The Hall–Kier alpha value is -0.310. The molecule has 0 saturated heterocycles. The maximum Gasteiger partial charge on any atom is 0.160 e. The van der Waals surface area contributed by atoms with E-state index in [0.717, 1.165) is 0 Å². The standard InChI is InChI=1S/C9H10Cl2FN/c1-9(2,13)5-3-6(10)8(12)7(11)4-5/h3-4H,13H2,1-2H3. The lowest BCUT2D eigenvalue weighted by atomic mass is 9.96. The zero-order chi connectivity index (χ0) is 10.2. The van der Waals surface area contributed by atoms with E-state index >= 15 is 0 Å². The van der Waals surface area contributed by atoms with Crippen molar-refractivity contribution >= 4 is 23.2 Å². The largest absolute Gasteiger partial charge is 0.322 e. The number of hydrogen-bond acceptors (Lipinski definition) is 1. The summed E-state index contributed by atoms with van der Waals surface area (Å²) in [4.78, 5) is 0. The Morgan fingerprint density at radius 3 is 1.92 bits per heavy atom. The summed E-state index contributed by atoms with van der Waals surface area (Å²) in [7, 11) is 0. The Morgan fingerprint density at radius 2 is 1.62 bits per heavy atom. The summed E-state index contributed by atoms with van der Waals surface area (Å²) in [5.41, 5.74) is 5.95. The molecule has 0 saturated carbocycles. The third kappa shape index (κ3) is 2.33. The van der Waals surface area contributed by atoms with Gasteiger partial charge in [-0.3, -0.25) is 0 Å². The second-order valence-corrected chi connectivity index (χ2v) is 4.29. The summed E-state index contributed by atoms with van der Waals surface area (Å²) in [5, 5.41) is 0.00190. The van der Waals surface area contributed by atoms with Crippen LogP contribution in [0.2, 0.25) is 10.0 Å². The molecule has 0 aromatic heterocycles. The average molecular weight is 222 g/mol. The Labute approximate surface area is 86.6 Å². The first-order valence-corrected chi connectivity index (χ1v) is 4.52. The number of nitrogens with two attached hydrogens (primary N) is 1. The molecule has 0 radical (unpaired) electrons. The molecule has 0 aliphatic heterocycles. The van der Waals surface area contributed by atoms with E-state index in [2.05, 4.69) is 0 Å². The van der Waals surface area contributed by atoms with Crippen molar-refractivity contribution in [2.24, 2.45) is 5.73 Å². The Kier molecular flexibility index (Phi) is 2.85. The van der Waals surface area contributed by atoms with Crippen molar-refractivity contribution in [3.63, 3.8) is 0 Å². The normalized spacial score (nSPS) is 11.8. The molecule has 1 aromatic carbocycles. The smallest absolute Gasteiger partial charge is 0.160 e. The molecule has 0 heterocycles. The lowest BCUT2D eigenvalue weighted by molar-refractivity contribution is 0.551. The predicted octanol–water partition coefficient (Wildman–Crippen LogP) is 3.33. The van der Waals surface area contributed by atoms with Crippen molar-refractivity contribution in [3.8, 4) is 0 Å². The highest BCUT2D eigenvalue weighted by Gasteiger charge is 2.17. The fourth-order valence-corrected chi connectivity index (χ4v) is 1.41. The summed E-state index contributed by atoms with van der Waals surface area (Å²) in [5.74, 6) is -0.601.